The minimum atomic E-state index is -0.515. The van der Waals surface area contributed by atoms with Crippen molar-refractivity contribution in [2.75, 3.05) is 26.2 Å². The zero-order valence-corrected chi connectivity index (χ0v) is 26.1. The number of carbonyl (C=O) groups is 3. The van der Waals surface area contributed by atoms with Crippen LogP contribution in [-0.4, -0.2) is 64.9 Å². The highest BCUT2D eigenvalue weighted by atomic mass is 16.2. The third-order valence-electron chi connectivity index (χ3n) is 9.38. The summed E-state index contributed by atoms with van der Waals surface area (Å²) in [6.07, 6.45) is 0.478. The van der Waals surface area contributed by atoms with Crippen molar-refractivity contribution < 1.29 is 14.4 Å². The molecule has 0 radical (unpaired) electrons. The van der Waals surface area contributed by atoms with Crippen LogP contribution in [0.25, 0.3) is 10.8 Å². The molecule has 232 valence electrons. The second kappa shape index (κ2) is 13.6. The van der Waals surface area contributed by atoms with Gasteiger partial charge in [0.2, 0.25) is 11.8 Å². The van der Waals surface area contributed by atoms with Gasteiger partial charge in [0.1, 0.15) is 6.17 Å². The van der Waals surface area contributed by atoms with E-state index in [1.807, 2.05) is 67.3 Å². The third-order valence-corrected chi connectivity index (χ3v) is 9.38. The summed E-state index contributed by atoms with van der Waals surface area (Å²) >= 11 is 0. The Bertz CT molecular complexity index is 1600. The highest BCUT2D eigenvalue weighted by molar-refractivity contribution is 5.86. The summed E-state index contributed by atoms with van der Waals surface area (Å²) in [6.45, 7) is 5.91. The van der Waals surface area contributed by atoms with Crippen LogP contribution in [0.3, 0.4) is 0 Å². The Morgan fingerprint density at radius 1 is 0.822 bits per heavy atom. The van der Waals surface area contributed by atoms with Crippen molar-refractivity contribution in [2.24, 2.45) is 11.8 Å². The van der Waals surface area contributed by atoms with Crippen molar-refractivity contribution in [3.05, 3.63) is 120 Å². The van der Waals surface area contributed by atoms with E-state index in [4.69, 9.17) is 0 Å². The molecule has 6 rings (SSSR count). The lowest BCUT2D eigenvalue weighted by Gasteiger charge is -2.43. The molecule has 0 saturated carbocycles. The van der Waals surface area contributed by atoms with Gasteiger partial charge in [-0.1, -0.05) is 111 Å². The number of hydrogen-bond acceptors (Lipinski definition) is 3. The number of fused-ring (bicyclic) bond motifs is 2. The van der Waals surface area contributed by atoms with Crippen LogP contribution in [-0.2, 0) is 16.1 Å². The molecule has 7 heteroatoms. The highest BCUT2D eigenvalue weighted by Gasteiger charge is 2.44. The lowest BCUT2D eigenvalue weighted by atomic mass is 9.88. The summed E-state index contributed by atoms with van der Waals surface area (Å²) in [4.78, 5) is 46.5. The average molecular weight is 603 g/mol. The van der Waals surface area contributed by atoms with Gasteiger partial charge in [0.25, 0.3) is 0 Å². The predicted molar refractivity (Wildman–Crippen MR) is 177 cm³/mol. The average Bonchev–Trinajstić information content (AvgIpc) is 3.21. The van der Waals surface area contributed by atoms with E-state index in [0.717, 1.165) is 22.8 Å². The maximum absolute atomic E-state index is 14.0. The van der Waals surface area contributed by atoms with Gasteiger partial charge in [0, 0.05) is 38.5 Å². The van der Waals surface area contributed by atoms with Gasteiger partial charge in [-0.05, 0) is 45.9 Å². The summed E-state index contributed by atoms with van der Waals surface area (Å²) in [6, 6.07) is 35.0. The Labute approximate surface area is 265 Å². The third kappa shape index (κ3) is 6.72. The fourth-order valence-electron chi connectivity index (χ4n) is 6.83. The zero-order chi connectivity index (χ0) is 31.3. The van der Waals surface area contributed by atoms with E-state index in [1.54, 1.807) is 9.80 Å². The molecule has 0 bridgehead atoms. The summed E-state index contributed by atoms with van der Waals surface area (Å²) in [5.41, 5.74) is 3.45. The minimum Gasteiger partial charge on any atom is -0.338 e. The quantitative estimate of drug-likeness (QED) is 0.259. The van der Waals surface area contributed by atoms with E-state index in [0.29, 0.717) is 26.2 Å². The van der Waals surface area contributed by atoms with E-state index in [-0.39, 0.29) is 48.6 Å². The zero-order valence-electron chi connectivity index (χ0n) is 26.1. The second-order valence-corrected chi connectivity index (χ2v) is 12.6. The number of nitrogens with zero attached hydrogens (tertiary/aromatic N) is 3. The smallest absolute Gasteiger partial charge is 0.319 e. The first-order valence-electron chi connectivity index (χ1n) is 16.1. The van der Waals surface area contributed by atoms with Gasteiger partial charge in [-0.2, -0.15) is 0 Å². The molecular weight excluding hydrogens is 560 g/mol. The highest BCUT2D eigenvalue weighted by Crippen LogP contribution is 2.30. The van der Waals surface area contributed by atoms with Gasteiger partial charge in [-0.25, -0.2) is 4.79 Å². The molecule has 2 heterocycles. The fraction of sp³-hybridized carbons (Fsp3) is 0.342. The van der Waals surface area contributed by atoms with E-state index in [2.05, 4.69) is 59.9 Å². The molecular formula is C38H42N4O3. The first-order chi connectivity index (χ1) is 21.9. The van der Waals surface area contributed by atoms with Gasteiger partial charge in [0.05, 0.1) is 12.5 Å². The van der Waals surface area contributed by atoms with E-state index in [9.17, 15) is 14.4 Å². The molecule has 0 aliphatic carbocycles. The molecule has 1 N–H and O–H groups in total. The molecule has 2 atom stereocenters. The molecule has 0 aromatic heterocycles. The number of urea groups is 1. The first kappa shape index (κ1) is 30.4. The fourth-order valence-corrected chi connectivity index (χ4v) is 6.83. The largest absolute Gasteiger partial charge is 0.338 e. The Morgan fingerprint density at radius 2 is 1.47 bits per heavy atom. The molecule has 0 spiro atoms. The lowest BCUT2D eigenvalue weighted by molar-refractivity contribution is -0.142. The summed E-state index contributed by atoms with van der Waals surface area (Å²) in [5, 5.41) is 5.44. The topological polar surface area (TPSA) is 73.0 Å². The molecule has 4 aromatic rings. The summed E-state index contributed by atoms with van der Waals surface area (Å²) < 4.78 is 0. The number of nitrogens with one attached hydrogen (secondary N) is 1. The van der Waals surface area contributed by atoms with Crippen LogP contribution in [0, 0.1) is 11.8 Å². The second-order valence-electron chi connectivity index (χ2n) is 12.6. The predicted octanol–water partition coefficient (Wildman–Crippen LogP) is 6.25. The minimum absolute atomic E-state index is 0.00303. The van der Waals surface area contributed by atoms with Crippen LogP contribution in [0.2, 0.25) is 0 Å². The van der Waals surface area contributed by atoms with Crippen LogP contribution in [0.4, 0.5) is 4.79 Å². The van der Waals surface area contributed by atoms with E-state index in [1.165, 1.54) is 11.1 Å². The van der Waals surface area contributed by atoms with Crippen molar-refractivity contribution in [1.29, 1.82) is 0 Å². The van der Waals surface area contributed by atoms with Crippen LogP contribution >= 0.6 is 0 Å². The standard InChI is InChI=1S/C38H42N4O3/c1-27(2)34-25-42-35(26-40(37(34)44)24-28-17-18-29-11-9-10-16-32(29)23-28)41(22-20-36(42)43)38(45)39-21-19-33(30-12-5-3-6-13-30)31-14-7-4-8-15-31/h3-18,23,27,33-35H,19-22,24-26H2,1-2H3,(H,39,45). The molecule has 7 nitrogen and oxygen atoms in total. The maximum atomic E-state index is 14.0. The molecule has 2 aliphatic rings. The Balaban J connectivity index is 1.20. The van der Waals surface area contributed by atoms with Gasteiger partial charge in [0.15, 0.2) is 0 Å². The number of benzene rings is 4. The normalized spacial score (nSPS) is 18.8. The Morgan fingerprint density at radius 3 is 2.13 bits per heavy atom. The number of carbonyl (C=O) groups excluding carboxylic acids is 3. The van der Waals surface area contributed by atoms with Crippen molar-refractivity contribution in [3.8, 4) is 0 Å². The SMILES string of the molecule is CC(C)C1CN2C(=O)CCN(C(=O)NCCC(c3ccccc3)c3ccccc3)C2CN(Cc2ccc3ccccc3c2)C1=O. The first-order valence-corrected chi connectivity index (χ1v) is 16.1. The Hall–Kier alpha value is -4.65. The molecule has 2 unspecified atom stereocenters. The lowest BCUT2D eigenvalue weighted by Crippen LogP contribution is -2.62. The van der Waals surface area contributed by atoms with Gasteiger partial charge in [-0.15, -0.1) is 0 Å². The number of rotatable bonds is 8. The molecule has 4 aromatic carbocycles. The van der Waals surface area contributed by atoms with Crippen LogP contribution in [0.1, 0.15) is 49.3 Å². The van der Waals surface area contributed by atoms with Crippen molar-refractivity contribution >= 4 is 28.6 Å². The number of amides is 4. The van der Waals surface area contributed by atoms with Crippen LogP contribution in [0.5, 0.6) is 0 Å². The van der Waals surface area contributed by atoms with E-state index >= 15 is 0 Å². The summed E-state index contributed by atoms with van der Waals surface area (Å²) in [7, 11) is 0. The van der Waals surface area contributed by atoms with E-state index < -0.39 is 6.17 Å². The van der Waals surface area contributed by atoms with Crippen molar-refractivity contribution in [2.45, 2.75) is 45.3 Å². The Kier molecular flexibility index (Phi) is 9.15. The van der Waals surface area contributed by atoms with Gasteiger partial charge in [-0.3, -0.25) is 9.59 Å². The van der Waals surface area contributed by atoms with Crippen molar-refractivity contribution in [3.63, 3.8) is 0 Å². The molecule has 4 amide bonds. The number of hydrogen-bond donors (Lipinski definition) is 1. The van der Waals surface area contributed by atoms with Crippen molar-refractivity contribution in [1.82, 2.24) is 20.0 Å². The summed E-state index contributed by atoms with van der Waals surface area (Å²) in [5.74, 6) is -0.0929. The van der Waals surface area contributed by atoms with Gasteiger partial charge >= 0.3 is 6.03 Å². The van der Waals surface area contributed by atoms with Crippen LogP contribution < -0.4 is 5.32 Å². The monoisotopic (exact) mass is 602 g/mol. The molecule has 45 heavy (non-hydrogen) atoms. The maximum Gasteiger partial charge on any atom is 0.319 e. The molecule has 2 fully saturated rings. The molecule has 2 saturated heterocycles. The molecule has 2 aliphatic heterocycles. The van der Waals surface area contributed by atoms with Crippen LogP contribution in [0.15, 0.2) is 103 Å². The van der Waals surface area contributed by atoms with Gasteiger partial charge < -0.3 is 20.0 Å².